The van der Waals surface area contributed by atoms with Gasteiger partial charge in [-0.15, -0.1) is 0 Å². The third kappa shape index (κ3) is 1.48. The molecule has 0 aromatic heterocycles. The van der Waals surface area contributed by atoms with Gasteiger partial charge in [-0.3, -0.25) is 0 Å². The molecule has 1 rings (SSSR count). The summed E-state index contributed by atoms with van der Waals surface area (Å²) in [6.45, 7) is 3.51. The monoisotopic (exact) mass is 113 g/mol. The van der Waals surface area contributed by atoms with Crippen molar-refractivity contribution < 1.29 is 0 Å². The molecule has 0 aromatic rings. The highest BCUT2D eigenvalue weighted by molar-refractivity contribution is 4.76. The number of hydrogen-bond donors (Lipinski definition) is 1. The third-order valence-electron chi connectivity index (χ3n) is 1.83. The Bertz CT molecular complexity index is 57.4. The summed E-state index contributed by atoms with van der Waals surface area (Å²) in [5, 5.41) is 3.38. The Labute approximate surface area is 51.5 Å². The second-order valence-corrected chi connectivity index (χ2v) is 2.58. The number of unbranched alkanes of at least 4 members (excludes halogenated alkanes) is 1. The fourth-order valence-corrected chi connectivity index (χ4v) is 1.05. The van der Waals surface area contributed by atoms with E-state index in [4.69, 9.17) is 0 Å². The summed E-state index contributed by atoms with van der Waals surface area (Å²) < 4.78 is 0. The third-order valence-corrected chi connectivity index (χ3v) is 1.83. The first-order chi connectivity index (χ1) is 3.93. The van der Waals surface area contributed by atoms with Crippen LogP contribution < -0.4 is 5.32 Å². The highest BCUT2D eigenvalue weighted by Gasteiger charge is 2.13. The van der Waals surface area contributed by atoms with Gasteiger partial charge in [-0.2, -0.15) is 0 Å². The summed E-state index contributed by atoms with van der Waals surface area (Å²) >= 11 is 0. The number of hydrogen-bond acceptors (Lipinski definition) is 1. The van der Waals surface area contributed by atoms with Crippen molar-refractivity contribution in [1.29, 1.82) is 0 Å². The van der Waals surface area contributed by atoms with Crippen molar-refractivity contribution in [3.8, 4) is 0 Å². The first-order valence-electron chi connectivity index (χ1n) is 3.67. The molecule has 0 bridgehead atoms. The molecule has 1 heteroatoms. The Morgan fingerprint density at radius 2 is 2.38 bits per heavy atom. The standard InChI is InChI=1S/C7H15N/c1-2-3-4-7-5-6-8-7/h7-8H,2-6H2,1H3/t7-/m1/s1. The van der Waals surface area contributed by atoms with E-state index in [0.717, 1.165) is 6.04 Å². The van der Waals surface area contributed by atoms with Gasteiger partial charge in [0.1, 0.15) is 0 Å². The van der Waals surface area contributed by atoms with Gasteiger partial charge in [0, 0.05) is 6.04 Å². The molecule has 0 radical (unpaired) electrons. The summed E-state index contributed by atoms with van der Waals surface area (Å²) in [5.74, 6) is 0. The topological polar surface area (TPSA) is 12.0 Å². The summed E-state index contributed by atoms with van der Waals surface area (Å²) in [7, 11) is 0. The predicted octanol–water partition coefficient (Wildman–Crippen LogP) is 1.54. The molecule has 1 N–H and O–H groups in total. The Morgan fingerprint density at radius 1 is 1.62 bits per heavy atom. The van der Waals surface area contributed by atoms with Gasteiger partial charge in [-0.1, -0.05) is 19.8 Å². The minimum atomic E-state index is 0.884. The van der Waals surface area contributed by atoms with Crippen molar-refractivity contribution in [1.82, 2.24) is 5.32 Å². The van der Waals surface area contributed by atoms with E-state index in [1.807, 2.05) is 0 Å². The zero-order valence-corrected chi connectivity index (χ0v) is 5.61. The van der Waals surface area contributed by atoms with Crippen molar-refractivity contribution in [2.45, 2.75) is 38.6 Å². The van der Waals surface area contributed by atoms with Crippen molar-refractivity contribution >= 4 is 0 Å². The Morgan fingerprint density at radius 3 is 2.75 bits per heavy atom. The first kappa shape index (κ1) is 6.09. The van der Waals surface area contributed by atoms with Crippen molar-refractivity contribution in [3.05, 3.63) is 0 Å². The van der Waals surface area contributed by atoms with E-state index in [1.54, 1.807) is 0 Å². The molecule has 1 heterocycles. The maximum atomic E-state index is 3.38. The molecule has 0 amide bonds. The maximum Gasteiger partial charge on any atom is 0.00791 e. The van der Waals surface area contributed by atoms with Gasteiger partial charge in [0.05, 0.1) is 0 Å². The molecule has 1 fully saturated rings. The summed E-state index contributed by atoms with van der Waals surface area (Å²) in [6.07, 6.45) is 5.56. The molecule has 1 atom stereocenters. The van der Waals surface area contributed by atoms with Crippen LogP contribution in [0.4, 0.5) is 0 Å². The van der Waals surface area contributed by atoms with Gasteiger partial charge in [0.25, 0.3) is 0 Å². The van der Waals surface area contributed by atoms with E-state index in [1.165, 1.54) is 32.2 Å². The van der Waals surface area contributed by atoms with Gasteiger partial charge < -0.3 is 5.32 Å². The van der Waals surface area contributed by atoms with Crippen LogP contribution in [0.5, 0.6) is 0 Å². The van der Waals surface area contributed by atoms with Gasteiger partial charge in [-0.25, -0.2) is 0 Å². The van der Waals surface area contributed by atoms with Crippen LogP contribution in [0.2, 0.25) is 0 Å². The SMILES string of the molecule is CCCC[C@@H]1CCN1. The lowest BCUT2D eigenvalue weighted by molar-refractivity contribution is 0.343. The Hall–Kier alpha value is -0.0400. The molecule has 1 aliphatic heterocycles. The molecule has 0 unspecified atom stereocenters. The van der Waals surface area contributed by atoms with Crippen LogP contribution in [0.25, 0.3) is 0 Å². The lowest BCUT2D eigenvalue weighted by Crippen LogP contribution is -2.42. The van der Waals surface area contributed by atoms with E-state index < -0.39 is 0 Å². The van der Waals surface area contributed by atoms with Crippen LogP contribution in [0.3, 0.4) is 0 Å². The minimum absolute atomic E-state index is 0.884. The second kappa shape index (κ2) is 3.08. The van der Waals surface area contributed by atoms with Crippen LogP contribution in [0.15, 0.2) is 0 Å². The molecule has 1 nitrogen and oxygen atoms in total. The lowest BCUT2D eigenvalue weighted by Gasteiger charge is -2.27. The highest BCUT2D eigenvalue weighted by Crippen LogP contribution is 2.09. The summed E-state index contributed by atoms with van der Waals surface area (Å²) in [4.78, 5) is 0. The number of nitrogens with one attached hydrogen (secondary N) is 1. The van der Waals surface area contributed by atoms with Gasteiger partial charge >= 0.3 is 0 Å². The Balaban J connectivity index is 1.86. The molecule has 48 valence electrons. The van der Waals surface area contributed by atoms with E-state index in [0.29, 0.717) is 0 Å². The first-order valence-corrected chi connectivity index (χ1v) is 3.67. The molecular formula is C7H15N. The van der Waals surface area contributed by atoms with Crippen molar-refractivity contribution in [3.63, 3.8) is 0 Å². The quantitative estimate of drug-likeness (QED) is 0.585. The van der Waals surface area contributed by atoms with Crippen LogP contribution in [-0.4, -0.2) is 12.6 Å². The van der Waals surface area contributed by atoms with Gasteiger partial charge in [0.15, 0.2) is 0 Å². The summed E-state index contributed by atoms with van der Waals surface area (Å²) in [6, 6.07) is 0.884. The average Bonchev–Trinajstić information content (AvgIpc) is 1.63. The van der Waals surface area contributed by atoms with Crippen molar-refractivity contribution in [2.75, 3.05) is 6.54 Å². The van der Waals surface area contributed by atoms with Crippen molar-refractivity contribution in [2.24, 2.45) is 0 Å². The number of rotatable bonds is 3. The fourth-order valence-electron chi connectivity index (χ4n) is 1.05. The van der Waals surface area contributed by atoms with Gasteiger partial charge in [0.2, 0.25) is 0 Å². The highest BCUT2D eigenvalue weighted by atomic mass is 15.0. The largest absolute Gasteiger partial charge is 0.314 e. The lowest BCUT2D eigenvalue weighted by atomic mass is 10.0. The van der Waals surface area contributed by atoms with E-state index >= 15 is 0 Å². The molecule has 8 heavy (non-hydrogen) atoms. The van der Waals surface area contributed by atoms with Crippen LogP contribution in [-0.2, 0) is 0 Å². The van der Waals surface area contributed by atoms with Gasteiger partial charge in [-0.05, 0) is 19.4 Å². The van der Waals surface area contributed by atoms with E-state index in [-0.39, 0.29) is 0 Å². The molecule has 1 saturated heterocycles. The van der Waals surface area contributed by atoms with Crippen LogP contribution in [0.1, 0.15) is 32.6 Å². The normalized spacial score (nSPS) is 27.4. The Kier molecular flexibility index (Phi) is 2.34. The minimum Gasteiger partial charge on any atom is -0.314 e. The van der Waals surface area contributed by atoms with Crippen LogP contribution in [0, 0.1) is 0 Å². The predicted molar refractivity (Wildman–Crippen MR) is 35.9 cm³/mol. The zero-order chi connectivity index (χ0) is 5.82. The smallest absolute Gasteiger partial charge is 0.00791 e. The van der Waals surface area contributed by atoms with E-state index in [9.17, 15) is 0 Å². The van der Waals surface area contributed by atoms with E-state index in [2.05, 4.69) is 12.2 Å². The summed E-state index contributed by atoms with van der Waals surface area (Å²) in [5.41, 5.74) is 0. The molecule has 0 aliphatic carbocycles. The molecule has 0 aromatic carbocycles. The fraction of sp³-hybridized carbons (Fsp3) is 1.00. The zero-order valence-electron chi connectivity index (χ0n) is 5.61. The molecular weight excluding hydrogens is 98.1 g/mol. The molecule has 0 saturated carbocycles. The molecule has 1 aliphatic rings. The molecule has 0 spiro atoms. The average molecular weight is 113 g/mol. The van der Waals surface area contributed by atoms with Crippen LogP contribution >= 0.6 is 0 Å². The second-order valence-electron chi connectivity index (χ2n) is 2.58. The maximum absolute atomic E-state index is 3.38.